The molecule has 0 saturated carbocycles. The monoisotopic (exact) mass is 442 g/mol. The van der Waals surface area contributed by atoms with E-state index in [2.05, 4.69) is 15.8 Å². The summed E-state index contributed by atoms with van der Waals surface area (Å²) in [4.78, 5) is 20.9. The number of hydrogen-bond donors (Lipinski definition) is 0. The number of piperazine rings is 1. The van der Waals surface area contributed by atoms with Crippen molar-refractivity contribution in [2.45, 2.75) is 6.61 Å². The van der Waals surface area contributed by atoms with Gasteiger partial charge >= 0.3 is 6.61 Å². The van der Waals surface area contributed by atoms with Crippen LogP contribution in [0.4, 0.5) is 14.5 Å². The second-order valence-corrected chi connectivity index (χ2v) is 7.38. The minimum atomic E-state index is -3.01. The van der Waals surface area contributed by atoms with E-state index in [4.69, 9.17) is 11.6 Å². The van der Waals surface area contributed by atoms with Crippen molar-refractivity contribution in [3.63, 3.8) is 0 Å². The molecule has 2 heterocycles. The van der Waals surface area contributed by atoms with Gasteiger partial charge in [0.15, 0.2) is 0 Å². The number of amides is 1. The number of carbonyl (C=O) groups excluding carboxylic acids is 1. The molecular formula is C22H17ClF2N4O2. The van der Waals surface area contributed by atoms with E-state index in [1.165, 1.54) is 24.4 Å². The fraction of sp³-hybridized carbons (Fsp3) is 0.227. The van der Waals surface area contributed by atoms with Gasteiger partial charge in [-0.2, -0.15) is 14.0 Å². The molecule has 0 bridgehead atoms. The molecule has 1 aliphatic heterocycles. The van der Waals surface area contributed by atoms with Crippen LogP contribution in [0.15, 0.2) is 48.7 Å². The third-order valence-corrected chi connectivity index (χ3v) is 5.37. The Balaban J connectivity index is 1.57. The first kappa shape index (κ1) is 20.8. The molecule has 158 valence electrons. The number of hydrogen-bond acceptors (Lipinski definition) is 5. The van der Waals surface area contributed by atoms with Crippen molar-refractivity contribution in [2.75, 3.05) is 31.1 Å². The molecule has 1 amide bonds. The predicted octanol–water partition coefficient (Wildman–Crippen LogP) is 4.32. The number of alkyl halides is 2. The number of pyridine rings is 1. The number of anilines is 1. The van der Waals surface area contributed by atoms with Gasteiger partial charge in [-0.05, 0) is 30.3 Å². The quantitative estimate of drug-likeness (QED) is 0.601. The maximum absolute atomic E-state index is 12.9. The molecule has 31 heavy (non-hydrogen) atoms. The number of rotatable bonds is 4. The number of fused-ring (bicyclic) bond motifs is 1. The lowest BCUT2D eigenvalue weighted by Gasteiger charge is -2.37. The largest absolute Gasteiger partial charge is 0.434 e. The summed E-state index contributed by atoms with van der Waals surface area (Å²) in [6, 6.07) is 13.4. The molecule has 3 aromatic rings. The highest BCUT2D eigenvalue weighted by Gasteiger charge is 2.27. The molecule has 0 atom stereocenters. The average molecular weight is 443 g/mol. The summed E-state index contributed by atoms with van der Waals surface area (Å²) in [5.74, 6) is -0.523. The van der Waals surface area contributed by atoms with Crippen molar-refractivity contribution in [1.82, 2.24) is 9.88 Å². The standard InChI is InChI=1S/C22H17ClF2N4O2/c23-15-5-6-18-17(11-15)20(14(12-26)13-27-18)28-7-9-29(10-8-28)21(30)16-3-1-2-4-19(16)31-22(24)25/h1-6,11,13,22H,7-10H2. The van der Waals surface area contributed by atoms with Gasteiger partial charge in [0.2, 0.25) is 0 Å². The van der Waals surface area contributed by atoms with Crippen LogP contribution in [0.1, 0.15) is 15.9 Å². The highest BCUT2D eigenvalue weighted by Crippen LogP contribution is 2.32. The number of halogens is 3. The van der Waals surface area contributed by atoms with Gasteiger partial charge in [0.1, 0.15) is 11.8 Å². The highest BCUT2D eigenvalue weighted by atomic mass is 35.5. The van der Waals surface area contributed by atoms with E-state index in [1.807, 2.05) is 4.90 Å². The first-order valence-electron chi connectivity index (χ1n) is 9.54. The first-order valence-corrected chi connectivity index (χ1v) is 9.92. The number of aromatic nitrogens is 1. The van der Waals surface area contributed by atoms with Gasteiger partial charge in [-0.3, -0.25) is 9.78 Å². The average Bonchev–Trinajstić information content (AvgIpc) is 2.78. The normalized spacial score (nSPS) is 14.0. The zero-order valence-corrected chi connectivity index (χ0v) is 17.0. The number of nitrogens with zero attached hydrogens (tertiary/aromatic N) is 4. The zero-order chi connectivity index (χ0) is 22.0. The van der Waals surface area contributed by atoms with E-state index in [0.29, 0.717) is 36.8 Å². The van der Waals surface area contributed by atoms with Gasteiger partial charge in [0.05, 0.1) is 22.3 Å². The van der Waals surface area contributed by atoms with Gasteiger partial charge in [-0.25, -0.2) is 0 Å². The molecule has 9 heteroatoms. The van der Waals surface area contributed by atoms with Crippen molar-refractivity contribution < 1.29 is 18.3 Å². The van der Waals surface area contributed by atoms with E-state index in [1.54, 1.807) is 29.2 Å². The molecule has 2 aromatic carbocycles. The molecule has 4 rings (SSSR count). The number of para-hydroxylation sites is 1. The van der Waals surface area contributed by atoms with E-state index in [-0.39, 0.29) is 17.2 Å². The molecular weight excluding hydrogens is 426 g/mol. The van der Waals surface area contributed by atoms with Crippen LogP contribution in [0.2, 0.25) is 5.02 Å². The second kappa shape index (κ2) is 8.74. The van der Waals surface area contributed by atoms with Crippen molar-refractivity contribution in [3.8, 4) is 11.8 Å². The molecule has 0 unspecified atom stereocenters. The van der Waals surface area contributed by atoms with Crippen molar-refractivity contribution in [2.24, 2.45) is 0 Å². The van der Waals surface area contributed by atoms with Crippen LogP contribution in [0.5, 0.6) is 5.75 Å². The predicted molar refractivity (Wildman–Crippen MR) is 113 cm³/mol. The minimum Gasteiger partial charge on any atom is -0.434 e. The Bertz CT molecular complexity index is 1170. The molecule has 1 aromatic heterocycles. The number of benzene rings is 2. The van der Waals surface area contributed by atoms with Gasteiger partial charge < -0.3 is 14.5 Å². The molecule has 6 nitrogen and oxygen atoms in total. The lowest BCUT2D eigenvalue weighted by molar-refractivity contribution is -0.0502. The smallest absolute Gasteiger partial charge is 0.387 e. The summed E-state index contributed by atoms with van der Waals surface area (Å²) < 4.78 is 29.8. The third kappa shape index (κ3) is 4.23. The van der Waals surface area contributed by atoms with Gasteiger partial charge in [-0.15, -0.1) is 0 Å². The molecule has 1 fully saturated rings. The minimum absolute atomic E-state index is 0.0927. The Hall–Kier alpha value is -3.44. The molecule has 0 radical (unpaired) electrons. The summed E-state index contributed by atoms with van der Waals surface area (Å²) in [5.41, 5.74) is 1.96. The summed E-state index contributed by atoms with van der Waals surface area (Å²) >= 11 is 6.16. The molecule has 1 aliphatic rings. The van der Waals surface area contributed by atoms with E-state index in [9.17, 15) is 18.8 Å². The van der Waals surface area contributed by atoms with Crippen LogP contribution in [-0.2, 0) is 0 Å². The fourth-order valence-electron chi connectivity index (χ4n) is 3.72. The second-order valence-electron chi connectivity index (χ2n) is 6.95. The highest BCUT2D eigenvalue weighted by molar-refractivity contribution is 6.31. The van der Waals surface area contributed by atoms with Crippen molar-refractivity contribution in [1.29, 1.82) is 5.26 Å². The molecule has 0 N–H and O–H groups in total. The van der Waals surface area contributed by atoms with Gasteiger partial charge in [-0.1, -0.05) is 23.7 Å². The SMILES string of the molecule is N#Cc1cnc2ccc(Cl)cc2c1N1CCN(C(=O)c2ccccc2OC(F)F)CC1. The molecule has 1 saturated heterocycles. The summed E-state index contributed by atoms with van der Waals surface area (Å²) in [6.45, 7) is -1.37. The zero-order valence-electron chi connectivity index (χ0n) is 16.3. The van der Waals surface area contributed by atoms with E-state index in [0.717, 1.165) is 16.6 Å². The van der Waals surface area contributed by atoms with Crippen molar-refractivity contribution in [3.05, 3.63) is 64.8 Å². The Labute approximate surface area is 182 Å². The van der Waals surface area contributed by atoms with Gasteiger partial charge in [0, 0.05) is 42.8 Å². The van der Waals surface area contributed by atoms with E-state index >= 15 is 0 Å². The van der Waals surface area contributed by atoms with Crippen LogP contribution in [0.25, 0.3) is 10.9 Å². The molecule has 0 spiro atoms. The fourth-order valence-corrected chi connectivity index (χ4v) is 3.89. The van der Waals surface area contributed by atoms with Crippen LogP contribution in [0.3, 0.4) is 0 Å². The van der Waals surface area contributed by atoms with Crippen LogP contribution in [0, 0.1) is 11.3 Å². The number of ether oxygens (including phenoxy) is 1. The topological polar surface area (TPSA) is 69.5 Å². The number of nitriles is 1. The molecule has 0 aliphatic carbocycles. The van der Waals surface area contributed by atoms with Gasteiger partial charge in [0.25, 0.3) is 5.91 Å². The Morgan fingerprint density at radius 3 is 2.61 bits per heavy atom. The van der Waals surface area contributed by atoms with Crippen LogP contribution < -0.4 is 9.64 Å². The third-order valence-electron chi connectivity index (χ3n) is 5.14. The van der Waals surface area contributed by atoms with Crippen molar-refractivity contribution >= 4 is 34.1 Å². The lowest BCUT2D eigenvalue weighted by Crippen LogP contribution is -2.49. The summed E-state index contributed by atoms with van der Waals surface area (Å²) in [6.07, 6.45) is 1.53. The van der Waals surface area contributed by atoms with E-state index < -0.39 is 6.61 Å². The Morgan fingerprint density at radius 2 is 1.90 bits per heavy atom. The first-order chi connectivity index (χ1) is 15.0. The maximum atomic E-state index is 12.9. The Kier molecular flexibility index (Phi) is 5.87. The van der Waals surface area contributed by atoms with Crippen LogP contribution in [-0.4, -0.2) is 48.6 Å². The summed E-state index contributed by atoms with van der Waals surface area (Å²) in [7, 11) is 0. The maximum Gasteiger partial charge on any atom is 0.387 e. The summed E-state index contributed by atoms with van der Waals surface area (Å²) in [5, 5.41) is 10.9. The number of carbonyl (C=O) groups is 1. The Morgan fingerprint density at radius 1 is 1.16 bits per heavy atom. The van der Waals surface area contributed by atoms with Crippen LogP contribution >= 0.6 is 11.6 Å². The lowest BCUT2D eigenvalue weighted by atomic mass is 10.1.